The molecule has 5 nitrogen and oxygen atoms in total. The van der Waals surface area contributed by atoms with Crippen LogP contribution in [0.5, 0.6) is 0 Å². The number of pyridine rings is 1. The summed E-state index contributed by atoms with van der Waals surface area (Å²) >= 11 is 0. The second-order valence-corrected chi connectivity index (χ2v) is 6.51. The molecule has 0 N–H and O–H groups in total. The summed E-state index contributed by atoms with van der Waals surface area (Å²) in [6.45, 7) is 3.82. The first-order valence-corrected chi connectivity index (χ1v) is 8.21. The van der Waals surface area contributed by atoms with E-state index in [0.717, 1.165) is 18.5 Å². The Morgan fingerprint density at radius 2 is 2.04 bits per heavy atom. The van der Waals surface area contributed by atoms with Gasteiger partial charge in [-0.25, -0.2) is 9.78 Å². The van der Waals surface area contributed by atoms with E-state index in [-0.39, 0.29) is 29.6 Å². The molecule has 1 aromatic heterocycles. The fourth-order valence-corrected chi connectivity index (χ4v) is 2.97. The molecule has 0 bridgehead atoms. The van der Waals surface area contributed by atoms with Gasteiger partial charge in [0.15, 0.2) is 0 Å². The number of carbonyl (C=O) groups excluding carboxylic acids is 2. The van der Waals surface area contributed by atoms with Crippen LogP contribution in [0.4, 0.5) is 0 Å². The first-order chi connectivity index (χ1) is 11.4. The van der Waals surface area contributed by atoms with E-state index < -0.39 is 6.04 Å². The standard InChI is InChI=1S/C19H24N2O3/c1-13(2)17(19(23)24-4)21(3)18(22)15-11-14(12-15)8-9-16-7-5-6-10-20-16/h5-7,10,13-15,17H,11-12H2,1-4H3/t14?,15?,17-/m0/s1. The van der Waals surface area contributed by atoms with Crippen molar-refractivity contribution in [1.82, 2.24) is 9.88 Å². The average molecular weight is 328 g/mol. The van der Waals surface area contributed by atoms with Crippen molar-refractivity contribution in [1.29, 1.82) is 0 Å². The normalized spacial score (nSPS) is 20.4. The van der Waals surface area contributed by atoms with Gasteiger partial charge in [0, 0.05) is 25.1 Å². The van der Waals surface area contributed by atoms with Gasteiger partial charge in [0.05, 0.1) is 7.11 Å². The maximum Gasteiger partial charge on any atom is 0.328 e. The lowest BCUT2D eigenvalue weighted by Gasteiger charge is -2.37. The first kappa shape index (κ1) is 18.0. The van der Waals surface area contributed by atoms with Crippen LogP contribution in [0.1, 0.15) is 32.4 Å². The highest BCUT2D eigenvalue weighted by atomic mass is 16.5. The lowest BCUT2D eigenvalue weighted by molar-refractivity contribution is -0.156. The highest BCUT2D eigenvalue weighted by molar-refractivity contribution is 5.86. The largest absolute Gasteiger partial charge is 0.467 e. The molecule has 0 spiro atoms. The van der Waals surface area contributed by atoms with Gasteiger partial charge < -0.3 is 9.64 Å². The number of esters is 1. The van der Waals surface area contributed by atoms with Crippen molar-refractivity contribution in [2.24, 2.45) is 17.8 Å². The van der Waals surface area contributed by atoms with E-state index >= 15 is 0 Å². The van der Waals surface area contributed by atoms with Gasteiger partial charge in [0.1, 0.15) is 11.7 Å². The van der Waals surface area contributed by atoms with Crippen LogP contribution < -0.4 is 0 Å². The summed E-state index contributed by atoms with van der Waals surface area (Å²) in [6, 6.07) is 5.08. The molecule has 1 aromatic rings. The van der Waals surface area contributed by atoms with Gasteiger partial charge in [-0.05, 0) is 36.8 Å². The SMILES string of the molecule is COC(=O)[C@H](C(C)C)N(C)C(=O)C1CC(C#Cc2ccccn2)C1. The van der Waals surface area contributed by atoms with E-state index in [9.17, 15) is 9.59 Å². The van der Waals surface area contributed by atoms with Crippen molar-refractivity contribution in [3.8, 4) is 11.8 Å². The van der Waals surface area contributed by atoms with E-state index in [0.29, 0.717) is 0 Å². The Morgan fingerprint density at radius 1 is 1.33 bits per heavy atom. The molecule has 24 heavy (non-hydrogen) atoms. The third-order valence-electron chi connectivity index (χ3n) is 4.40. The number of hydrogen-bond donors (Lipinski definition) is 0. The van der Waals surface area contributed by atoms with Gasteiger partial charge in [-0.3, -0.25) is 4.79 Å². The van der Waals surface area contributed by atoms with Crippen LogP contribution in [0, 0.1) is 29.6 Å². The van der Waals surface area contributed by atoms with E-state index in [1.54, 1.807) is 13.2 Å². The Labute approximate surface area is 143 Å². The van der Waals surface area contributed by atoms with Gasteiger partial charge in [-0.2, -0.15) is 0 Å². The summed E-state index contributed by atoms with van der Waals surface area (Å²) < 4.78 is 4.82. The maximum absolute atomic E-state index is 12.6. The minimum atomic E-state index is -0.541. The lowest BCUT2D eigenvalue weighted by Crippen LogP contribution is -2.50. The number of ether oxygens (including phenoxy) is 1. The molecule has 0 aliphatic heterocycles. The molecular weight excluding hydrogens is 304 g/mol. The second-order valence-electron chi connectivity index (χ2n) is 6.51. The fourth-order valence-electron chi connectivity index (χ4n) is 2.97. The quantitative estimate of drug-likeness (QED) is 0.627. The summed E-state index contributed by atoms with van der Waals surface area (Å²) in [5, 5.41) is 0. The van der Waals surface area contributed by atoms with E-state index in [2.05, 4.69) is 16.8 Å². The summed E-state index contributed by atoms with van der Waals surface area (Å²) in [7, 11) is 3.03. The van der Waals surface area contributed by atoms with Crippen molar-refractivity contribution in [3.05, 3.63) is 30.1 Å². The van der Waals surface area contributed by atoms with Crippen molar-refractivity contribution >= 4 is 11.9 Å². The molecule has 1 heterocycles. The number of likely N-dealkylation sites (N-methyl/N-ethyl adjacent to an activating group) is 1. The number of aromatic nitrogens is 1. The molecule has 2 rings (SSSR count). The minimum Gasteiger partial charge on any atom is -0.467 e. The van der Waals surface area contributed by atoms with E-state index in [1.165, 1.54) is 12.0 Å². The zero-order valence-electron chi connectivity index (χ0n) is 14.7. The van der Waals surface area contributed by atoms with Gasteiger partial charge in [0.2, 0.25) is 5.91 Å². The van der Waals surface area contributed by atoms with Crippen LogP contribution in [0.2, 0.25) is 0 Å². The molecule has 1 fully saturated rings. The number of amides is 1. The molecule has 1 aliphatic rings. The van der Waals surface area contributed by atoms with Gasteiger partial charge in [-0.1, -0.05) is 25.8 Å². The van der Waals surface area contributed by atoms with Crippen LogP contribution >= 0.6 is 0 Å². The van der Waals surface area contributed by atoms with E-state index in [4.69, 9.17) is 4.74 Å². The van der Waals surface area contributed by atoms with Crippen LogP contribution in [-0.2, 0) is 14.3 Å². The first-order valence-electron chi connectivity index (χ1n) is 8.21. The molecule has 5 heteroatoms. The lowest BCUT2D eigenvalue weighted by atomic mass is 9.74. The number of carbonyl (C=O) groups is 2. The maximum atomic E-state index is 12.6. The Hall–Kier alpha value is -2.35. The molecule has 0 unspecified atom stereocenters. The fraction of sp³-hybridized carbons (Fsp3) is 0.526. The summed E-state index contributed by atoms with van der Waals surface area (Å²) in [5.41, 5.74) is 0.745. The van der Waals surface area contributed by atoms with Crippen molar-refractivity contribution in [3.63, 3.8) is 0 Å². The summed E-state index contributed by atoms with van der Waals surface area (Å²) in [4.78, 5) is 30.2. The zero-order chi connectivity index (χ0) is 17.7. The second kappa shape index (κ2) is 7.96. The third-order valence-corrected chi connectivity index (χ3v) is 4.40. The van der Waals surface area contributed by atoms with Crippen molar-refractivity contribution in [2.75, 3.05) is 14.2 Å². The molecule has 1 atom stereocenters. The zero-order valence-corrected chi connectivity index (χ0v) is 14.7. The molecule has 0 saturated heterocycles. The third kappa shape index (κ3) is 4.14. The Balaban J connectivity index is 1.92. The molecule has 1 saturated carbocycles. The smallest absolute Gasteiger partial charge is 0.328 e. The molecular formula is C19H24N2O3. The van der Waals surface area contributed by atoms with Gasteiger partial charge in [0.25, 0.3) is 0 Å². The Morgan fingerprint density at radius 3 is 2.58 bits per heavy atom. The molecule has 0 radical (unpaired) electrons. The molecule has 128 valence electrons. The molecule has 0 aromatic carbocycles. The van der Waals surface area contributed by atoms with Gasteiger partial charge in [-0.15, -0.1) is 0 Å². The van der Waals surface area contributed by atoms with E-state index in [1.807, 2.05) is 32.0 Å². The monoisotopic (exact) mass is 328 g/mol. The van der Waals surface area contributed by atoms with Crippen molar-refractivity contribution in [2.45, 2.75) is 32.7 Å². The predicted octanol–water partition coefficient (Wildman–Crippen LogP) is 2.12. The predicted molar refractivity (Wildman–Crippen MR) is 90.7 cm³/mol. The van der Waals surface area contributed by atoms with Crippen LogP contribution in [0.15, 0.2) is 24.4 Å². The minimum absolute atomic E-state index is 0.00464. The summed E-state index contributed by atoms with van der Waals surface area (Å²) in [6.07, 6.45) is 3.18. The topological polar surface area (TPSA) is 59.5 Å². The number of hydrogen-bond acceptors (Lipinski definition) is 4. The Kier molecular flexibility index (Phi) is 5.97. The highest BCUT2D eigenvalue weighted by Gasteiger charge is 2.39. The van der Waals surface area contributed by atoms with Gasteiger partial charge >= 0.3 is 5.97 Å². The molecule has 1 aliphatic carbocycles. The van der Waals surface area contributed by atoms with Crippen LogP contribution in [0.25, 0.3) is 0 Å². The molecule has 1 amide bonds. The Bertz CT molecular complexity index is 640. The highest BCUT2D eigenvalue weighted by Crippen LogP contribution is 2.35. The average Bonchev–Trinajstić information content (AvgIpc) is 2.53. The number of methoxy groups -OCH3 is 1. The van der Waals surface area contributed by atoms with Crippen LogP contribution in [0.3, 0.4) is 0 Å². The summed E-state index contributed by atoms with van der Waals surface area (Å²) in [5.74, 6) is 5.99. The number of nitrogens with zero attached hydrogens (tertiary/aromatic N) is 2. The van der Waals surface area contributed by atoms with Crippen molar-refractivity contribution < 1.29 is 14.3 Å². The van der Waals surface area contributed by atoms with Crippen LogP contribution in [-0.4, -0.2) is 42.0 Å². The number of rotatable bonds is 4.